The Morgan fingerprint density at radius 3 is 2.05 bits per heavy atom. The molecule has 6 aromatic carbocycles. The van der Waals surface area contributed by atoms with Crippen molar-refractivity contribution in [2.75, 3.05) is 5.32 Å². The van der Waals surface area contributed by atoms with E-state index in [0.717, 1.165) is 39.7 Å². The van der Waals surface area contributed by atoms with E-state index in [1.165, 1.54) is 87.6 Å². The van der Waals surface area contributed by atoms with Gasteiger partial charge in [-0.05, 0) is 127 Å². The highest BCUT2D eigenvalue weighted by molar-refractivity contribution is 7.29. The Morgan fingerprint density at radius 2 is 1.32 bits per heavy atom. The van der Waals surface area contributed by atoms with E-state index in [0.29, 0.717) is 0 Å². The van der Waals surface area contributed by atoms with Crippen molar-refractivity contribution in [3.63, 3.8) is 0 Å². The summed E-state index contributed by atoms with van der Waals surface area (Å²) in [7, 11) is 2.50. The van der Waals surface area contributed by atoms with Crippen LogP contribution in [0.3, 0.4) is 0 Å². The fraction of sp³-hybridized carbons (Fsp3) is 0.296. The highest BCUT2D eigenvalue weighted by Gasteiger charge is 2.39. The number of thiophene rings is 1. The van der Waals surface area contributed by atoms with Crippen LogP contribution in [-0.4, -0.2) is 11.8 Å². The molecule has 3 aromatic heterocycles. The lowest BCUT2D eigenvalue weighted by atomic mass is 9.61. The average Bonchev–Trinajstić information content (AvgIpc) is 3.84. The number of benzene rings is 6. The molecule has 1 radical (unpaired) electrons. The molecular weight excluding hydrogens is 735 g/mol. The number of anilines is 2. The second-order valence-corrected chi connectivity index (χ2v) is 21.9. The topological polar surface area (TPSA) is 30.1 Å². The Kier molecular flexibility index (Phi) is 7.59. The summed E-state index contributed by atoms with van der Waals surface area (Å²) < 4.78 is 11.8. The summed E-state index contributed by atoms with van der Waals surface area (Å²) >= 11 is 1.91. The SMILES string of the molecule is CC(C)(C)c1ccc(Nc2cc3c(cc2-c2ccc4c5cc6oc7ccccc7c6cc5n5c4c2[B]c2sc4ccc(C(C)(C)C)cc4c2-5)C(C)(C)CCC3(C)C)cc1. The lowest BCUT2D eigenvalue weighted by Crippen LogP contribution is -2.36. The van der Waals surface area contributed by atoms with Gasteiger partial charge in [0.15, 0.2) is 0 Å². The van der Waals surface area contributed by atoms with Crippen molar-refractivity contribution < 1.29 is 4.42 Å². The van der Waals surface area contributed by atoms with Gasteiger partial charge in [0.05, 0.1) is 11.2 Å². The van der Waals surface area contributed by atoms with Gasteiger partial charge in [-0.2, -0.15) is 0 Å². The third-order valence-electron chi connectivity index (χ3n) is 13.8. The molecule has 1 aliphatic heterocycles. The fourth-order valence-corrected chi connectivity index (χ4v) is 11.3. The molecule has 0 atom stereocenters. The molecule has 59 heavy (non-hydrogen) atoms. The molecule has 0 bridgehead atoms. The van der Waals surface area contributed by atoms with E-state index in [1.807, 2.05) is 11.3 Å². The molecular formula is C54H52BN2OS. The third-order valence-corrected chi connectivity index (χ3v) is 14.9. The van der Waals surface area contributed by atoms with Crippen LogP contribution in [0.1, 0.15) is 104 Å². The van der Waals surface area contributed by atoms with Gasteiger partial charge in [-0.1, -0.05) is 118 Å². The Bertz CT molecular complexity index is 3230. The number of rotatable bonds is 3. The normalized spacial score (nSPS) is 15.9. The summed E-state index contributed by atoms with van der Waals surface area (Å²) in [5, 5.41) is 10.1. The maximum Gasteiger partial charge on any atom is 0.211 e. The van der Waals surface area contributed by atoms with E-state index in [1.54, 1.807) is 0 Å². The molecule has 4 heterocycles. The molecule has 3 nitrogen and oxygen atoms in total. The van der Waals surface area contributed by atoms with Gasteiger partial charge in [0, 0.05) is 54.1 Å². The van der Waals surface area contributed by atoms with Gasteiger partial charge in [0.2, 0.25) is 7.28 Å². The number of hydrogen-bond donors (Lipinski definition) is 1. The van der Waals surface area contributed by atoms with E-state index in [4.69, 9.17) is 4.42 Å². The first-order chi connectivity index (χ1) is 28.0. The first-order valence-electron chi connectivity index (χ1n) is 21.4. The lowest BCUT2D eigenvalue weighted by molar-refractivity contribution is 0.332. The monoisotopic (exact) mass is 787 g/mol. The number of furan rings is 1. The molecule has 293 valence electrons. The Hall–Kier alpha value is -5.26. The van der Waals surface area contributed by atoms with E-state index in [9.17, 15) is 0 Å². The van der Waals surface area contributed by atoms with Crippen LogP contribution in [0.2, 0.25) is 0 Å². The third kappa shape index (κ3) is 5.53. The lowest BCUT2D eigenvalue weighted by Gasteiger charge is -2.42. The average molecular weight is 788 g/mol. The number of nitrogens with one attached hydrogen (secondary N) is 1. The molecule has 9 aromatic rings. The van der Waals surface area contributed by atoms with Crippen molar-refractivity contribution in [1.82, 2.24) is 4.57 Å². The Labute approximate surface area is 352 Å². The van der Waals surface area contributed by atoms with Crippen LogP contribution in [-0.2, 0) is 21.7 Å². The molecule has 1 N–H and O–H groups in total. The number of aromatic nitrogens is 1. The smallest absolute Gasteiger partial charge is 0.211 e. The molecule has 0 fully saturated rings. The summed E-state index contributed by atoms with van der Waals surface area (Å²) in [6.45, 7) is 23.5. The van der Waals surface area contributed by atoms with Crippen LogP contribution in [0.25, 0.3) is 70.6 Å². The molecule has 0 saturated heterocycles. The molecule has 2 aliphatic rings. The highest BCUT2D eigenvalue weighted by atomic mass is 32.1. The first-order valence-corrected chi connectivity index (χ1v) is 22.2. The Morgan fingerprint density at radius 1 is 0.627 bits per heavy atom. The molecule has 0 unspecified atom stereocenters. The van der Waals surface area contributed by atoms with Gasteiger partial charge in [0.25, 0.3) is 0 Å². The first kappa shape index (κ1) is 36.8. The summed E-state index contributed by atoms with van der Waals surface area (Å²) in [6.07, 6.45) is 2.33. The quantitative estimate of drug-likeness (QED) is 0.181. The molecule has 5 heteroatoms. The number of nitrogens with zero attached hydrogens (tertiary/aromatic N) is 1. The van der Waals surface area contributed by atoms with Gasteiger partial charge >= 0.3 is 0 Å². The molecule has 1 aliphatic carbocycles. The predicted octanol–water partition coefficient (Wildman–Crippen LogP) is 14.2. The van der Waals surface area contributed by atoms with Crippen molar-refractivity contribution in [3.05, 3.63) is 125 Å². The minimum Gasteiger partial charge on any atom is -0.456 e. The van der Waals surface area contributed by atoms with Gasteiger partial charge < -0.3 is 14.3 Å². The molecule has 0 spiro atoms. The predicted molar refractivity (Wildman–Crippen MR) is 256 cm³/mol. The van der Waals surface area contributed by atoms with E-state index in [-0.39, 0.29) is 21.7 Å². The maximum atomic E-state index is 6.53. The molecule has 0 amide bonds. The number of hydrogen-bond acceptors (Lipinski definition) is 3. The summed E-state index contributed by atoms with van der Waals surface area (Å²) in [5.74, 6) is 0. The number of fused-ring (bicyclic) bond motifs is 11. The van der Waals surface area contributed by atoms with Crippen molar-refractivity contribution in [1.29, 1.82) is 0 Å². The van der Waals surface area contributed by atoms with Gasteiger partial charge in [0.1, 0.15) is 11.2 Å². The van der Waals surface area contributed by atoms with Gasteiger partial charge in [-0.3, -0.25) is 0 Å². The van der Waals surface area contributed by atoms with E-state index >= 15 is 0 Å². The van der Waals surface area contributed by atoms with Crippen molar-refractivity contribution >= 4 is 94.1 Å². The molecule has 0 saturated carbocycles. The van der Waals surface area contributed by atoms with E-state index in [2.05, 4.69) is 190 Å². The van der Waals surface area contributed by atoms with Crippen LogP contribution >= 0.6 is 11.3 Å². The second-order valence-electron chi connectivity index (χ2n) is 20.8. The summed E-state index contributed by atoms with van der Waals surface area (Å²) in [5.41, 5.74) is 17.5. The zero-order chi connectivity index (χ0) is 41.0. The van der Waals surface area contributed by atoms with Gasteiger partial charge in [-0.25, -0.2) is 0 Å². The fourth-order valence-electron chi connectivity index (χ4n) is 10.1. The van der Waals surface area contributed by atoms with Crippen LogP contribution in [0, 0.1) is 0 Å². The minimum absolute atomic E-state index is 0.0354. The van der Waals surface area contributed by atoms with Crippen molar-refractivity contribution in [3.8, 4) is 16.8 Å². The van der Waals surface area contributed by atoms with Crippen LogP contribution < -0.4 is 15.6 Å². The zero-order valence-corrected chi connectivity index (χ0v) is 36.9. The van der Waals surface area contributed by atoms with Gasteiger partial charge in [-0.15, -0.1) is 11.3 Å². The Balaban J connectivity index is 1.22. The highest BCUT2D eigenvalue weighted by Crippen LogP contribution is 2.50. The van der Waals surface area contributed by atoms with Crippen LogP contribution in [0.15, 0.2) is 108 Å². The standard InChI is InChI=1S/C54H52BN2OS/c1-51(2,3)30-15-18-32(19-16-30)56-42-29-41-40(53(7,8)23-24-54(41,9)10)26-36(42)34-20-21-35-37-28-45-38(33-13-11-12-14-44(33)58-45)27-43(37)57-48(35)47(34)55-50-49(57)39-25-31(52(4,5)6)17-22-46(39)59-50/h11-22,25-29,56H,23-24H2,1-10H3. The summed E-state index contributed by atoms with van der Waals surface area (Å²) in [4.78, 5) is 0. The van der Waals surface area contributed by atoms with Crippen molar-refractivity contribution in [2.24, 2.45) is 0 Å². The van der Waals surface area contributed by atoms with E-state index < -0.39 is 0 Å². The summed E-state index contributed by atoms with van der Waals surface area (Å²) in [6, 6.07) is 39.2. The number of para-hydroxylation sites is 1. The van der Waals surface area contributed by atoms with Crippen LogP contribution in [0.5, 0.6) is 0 Å². The zero-order valence-electron chi connectivity index (χ0n) is 36.1. The largest absolute Gasteiger partial charge is 0.456 e. The molecule has 11 rings (SSSR count). The van der Waals surface area contributed by atoms with Crippen molar-refractivity contribution in [2.45, 2.75) is 104 Å². The van der Waals surface area contributed by atoms with Crippen LogP contribution in [0.4, 0.5) is 11.4 Å². The maximum absolute atomic E-state index is 6.53. The second kappa shape index (κ2) is 12.2. The minimum atomic E-state index is 0.0354.